The van der Waals surface area contributed by atoms with Crippen molar-refractivity contribution in [2.24, 2.45) is 5.92 Å². The Morgan fingerprint density at radius 3 is 3.04 bits per heavy atom. The van der Waals surface area contributed by atoms with Crippen molar-refractivity contribution in [2.45, 2.75) is 25.4 Å². The van der Waals surface area contributed by atoms with Crippen molar-refractivity contribution < 1.29 is 9.21 Å². The summed E-state index contributed by atoms with van der Waals surface area (Å²) in [6, 6.07) is 5.97. The highest BCUT2D eigenvalue weighted by Crippen LogP contribution is 2.18. The third-order valence-corrected chi connectivity index (χ3v) is 4.93. The Morgan fingerprint density at radius 1 is 1.38 bits per heavy atom. The molecule has 4 rings (SSSR count). The molecule has 24 heavy (non-hydrogen) atoms. The average Bonchev–Trinajstić information content (AvgIpc) is 3.31. The van der Waals surface area contributed by atoms with Gasteiger partial charge in [-0.25, -0.2) is 4.68 Å². The Hall–Kier alpha value is -2.28. The van der Waals surface area contributed by atoms with E-state index < -0.39 is 0 Å². The fourth-order valence-electron chi connectivity index (χ4n) is 3.50. The van der Waals surface area contributed by atoms with Crippen LogP contribution in [0.1, 0.15) is 23.4 Å². The van der Waals surface area contributed by atoms with Crippen LogP contribution in [0.3, 0.4) is 0 Å². The van der Waals surface area contributed by atoms with Gasteiger partial charge in [0, 0.05) is 50.7 Å². The summed E-state index contributed by atoms with van der Waals surface area (Å²) in [5, 5.41) is 11.4. The molecule has 7 heteroatoms. The summed E-state index contributed by atoms with van der Waals surface area (Å²) in [5.74, 6) is 2.09. The van der Waals surface area contributed by atoms with Crippen molar-refractivity contribution in [3.05, 3.63) is 36.4 Å². The minimum absolute atomic E-state index is 0.00106. The van der Waals surface area contributed by atoms with Gasteiger partial charge >= 0.3 is 0 Å². The summed E-state index contributed by atoms with van der Waals surface area (Å²) >= 11 is 0. The zero-order valence-electron chi connectivity index (χ0n) is 13.6. The summed E-state index contributed by atoms with van der Waals surface area (Å²) in [7, 11) is 0. The highest BCUT2D eigenvalue weighted by Gasteiger charge is 2.26. The maximum Gasteiger partial charge on any atom is 0.289 e. The van der Waals surface area contributed by atoms with Crippen LogP contribution in [-0.4, -0.2) is 52.8 Å². The molecule has 0 saturated carbocycles. The Balaban J connectivity index is 1.22. The first-order valence-electron chi connectivity index (χ1n) is 8.61. The Bertz CT molecular complexity index is 673. The molecule has 7 nitrogen and oxygen atoms in total. The van der Waals surface area contributed by atoms with Gasteiger partial charge in [0.25, 0.3) is 5.91 Å². The van der Waals surface area contributed by atoms with E-state index in [1.807, 2.05) is 21.8 Å². The summed E-state index contributed by atoms with van der Waals surface area (Å²) in [6.07, 6.45) is 5.36. The van der Waals surface area contributed by atoms with E-state index in [9.17, 15) is 4.79 Å². The maximum atomic E-state index is 12.3. The molecule has 1 fully saturated rings. The number of hydrogen-bond acceptors (Lipinski definition) is 5. The van der Waals surface area contributed by atoms with Crippen LogP contribution in [0.2, 0.25) is 0 Å². The third-order valence-electron chi connectivity index (χ3n) is 4.93. The molecule has 0 aromatic carbocycles. The van der Waals surface area contributed by atoms with E-state index >= 15 is 0 Å². The predicted molar refractivity (Wildman–Crippen MR) is 89.8 cm³/mol. The smallest absolute Gasteiger partial charge is 0.289 e. The molecule has 2 N–H and O–H groups in total. The molecule has 0 spiro atoms. The average molecular weight is 329 g/mol. The number of anilines is 1. The minimum Gasteiger partial charge on any atom is -0.459 e. The highest BCUT2D eigenvalue weighted by molar-refractivity contribution is 5.91. The summed E-state index contributed by atoms with van der Waals surface area (Å²) < 4.78 is 7.23. The van der Waals surface area contributed by atoms with Crippen LogP contribution in [0.4, 0.5) is 5.82 Å². The Labute approximate surface area is 141 Å². The van der Waals surface area contributed by atoms with Crippen LogP contribution in [0, 0.1) is 5.92 Å². The molecule has 2 aliphatic heterocycles. The molecule has 2 aliphatic rings. The molecule has 1 atom stereocenters. The number of nitrogens with one attached hydrogen (secondary N) is 2. The first kappa shape index (κ1) is 15.3. The third kappa shape index (κ3) is 3.17. The van der Waals surface area contributed by atoms with Crippen LogP contribution in [0.25, 0.3) is 0 Å². The molecule has 0 radical (unpaired) electrons. The van der Waals surface area contributed by atoms with Crippen LogP contribution < -0.4 is 10.6 Å². The number of likely N-dealkylation sites (tertiary alicyclic amines) is 1. The van der Waals surface area contributed by atoms with Crippen LogP contribution in [0.5, 0.6) is 0 Å². The van der Waals surface area contributed by atoms with Gasteiger partial charge in [0.1, 0.15) is 5.82 Å². The van der Waals surface area contributed by atoms with Gasteiger partial charge < -0.3 is 20.0 Å². The molecule has 0 bridgehead atoms. The normalized spacial score (nSPS) is 21.3. The van der Waals surface area contributed by atoms with Crippen molar-refractivity contribution in [2.75, 3.05) is 31.5 Å². The number of furan rings is 1. The van der Waals surface area contributed by atoms with Gasteiger partial charge in [-0.2, -0.15) is 5.10 Å². The lowest BCUT2D eigenvalue weighted by Gasteiger charge is -2.33. The van der Waals surface area contributed by atoms with E-state index in [0.29, 0.717) is 17.7 Å². The molecule has 4 heterocycles. The molecule has 1 amide bonds. The number of hydrogen-bond donors (Lipinski definition) is 2. The maximum absolute atomic E-state index is 12.3. The van der Waals surface area contributed by atoms with Gasteiger partial charge in [-0.05, 0) is 25.0 Å². The zero-order valence-corrected chi connectivity index (χ0v) is 13.6. The van der Waals surface area contributed by atoms with Gasteiger partial charge in [0.05, 0.1) is 12.5 Å². The number of nitrogens with zero attached hydrogens (tertiary/aromatic N) is 3. The second-order valence-corrected chi connectivity index (χ2v) is 6.60. The second kappa shape index (κ2) is 6.68. The molecule has 0 aliphatic carbocycles. The minimum atomic E-state index is 0.00106. The fraction of sp³-hybridized carbons (Fsp3) is 0.529. The fourth-order valence-corrected chi connectivity index (χ4v) is 3.50. The molecular formula is C17H23N5O2. The van der Waals surface area contributed by atoms with E-state index in [1.165, 1.54) is 0 Å². The molecule has 128 valence electrons. The van der Waals surface area contributed by atoms with E-state index in [0.717, 1.165) is 51.4 Å². The number of carbonyl (C=O) groups excluding carboxylic acids is 1. The first-order valence-corrected chi connectivity index (χ1v) is 8.61. The number of amides is 1. The Kier molecular flexibility index (Phi) is 4.25. The highest BCUT2D eigenvalue weighted by atomic mass is 16.3. The largest absolute Gasteiger partial charge is 0.459 e. The van der Waals surface area contributed by atoms with Gasteiger partial charge in [-0.1, -0.05) is 0 Å². The van der Waals surface area contributed by atoms with Crippen LogP contribution in [-0.2, 0) is 6.54 Å². The molecule has 2 aromatic heterocycles. The van der Waals surface area contributed by atoms with Crippen LogP contribution >= 0.6 is 0 Å². The number of rotatable bonds is 4. The van der Waals surface area contributed by atoms with E-state index in [4.69, 9.17) is 4.42 Å². The number of piperidine rings is 1. The van der Waals surface area contributed by atoms with Crippen molar-refractivity contribution in [1.82, 2.24) is 20.0 Å². The van der Waals surface area contributed by atoms with Gasteiger partial charge in [0.2, 0.25) is 0 Å². The second-order valence-electron chi connectivity index (χ2n) is 6.60. The Morgan fingerprint density at radius 2 is 2.25 bits per heavy atom. The van der Waals surface area contributed by atoms with E-state index in [-0.39, 0.29) is 5.91 Å². The lowest BCUT2D eigenvalue weighted by Crippen LogP contribution is -2.47. The number of fused-ring (bicyclic) bond motifs is 1. The van der Waals surface area contributed by atoms with Crippen molar-refractivity contribution in [3.63, 3.8) is 0 Å². The summed E-state index contributed by atoms with van der Waals surface area (Å²) in [4.78, 5) is 14.1. The standard InChI is InChI=1S/C17H23N5O2/c23-17(15-2-1-9-24-15)21-7-4-14(5-8-21)18-10-13-11-19-16-3-6-20-22(16)12-13/h1-3,6,9,13-14,18-19H,4-5,7-8,10-12H2. The lowest BCUT2D eigenvalue weighted by atomic mass is 10.0. The van der Waals surface area contributed by atoms with Crippen molar-refractivity contribution in [3.8, 4) is 0 Å². The quantitative estimate of drug-likeness (QED) is 0.887. The summed E-state index contributed by atoms with van der Waals surface area (Å²) in [6.45, 7) is 4.47. The van der Waals surface area contributed by atoms with E-state index in [1.54, 1.807) is 18.4 Å². The predicted octanol–water partition coefficient (Wildman–Crippen LogP) is 1.41. The van der Waals surface area contributed by atoms with E-state index in [2.05, 4.69) is 15.7 Å². The van der Waals surface area contributed by atoms with Crippen molar-refractivity contribution in [1.29, 1.82) is 0 Å². The topological polar surface area (TPSA) is 75.3 Å². The lowest BCUT2D eigenvalue weighted by molar-refractivity contribution is 0.0671. The molecule has 1 unspecified atom stereocenters. The summed E-state index contributed by atoms with van der Waals surface area (Å²) in [5.41, 5.74) is 0. The molecule has 1 saturated heterocycles. The number of carbonyl (C=O) groups is 1. The molecule has 2 aromatic rings. The SMILES string of the molecule is O=C(c1ccco1)N1CCC(NCC2CNc3ccnn3C2)CC1. The monoisotopic (exact) mass is 329 g/mol. The van der Waals surface area contributed by atoms with Gasteiger partial charge in [-0.3, -0.25) is 4.79 Å². The zero-order chi connectivity index (χ0) is 16.4. The van der Waals surface area contributed by atoms with Crippen molar-refractivity contribution >= 4 is 11.7 Å². The van der Waals surface area contributed by atoms with Gasteiger partial charge in [0.15, 0.2) is 5.76 Å². The first-order chi connectivity index (χ1) is 11.8. The van der Waals surface area contributed by atoms with Gasteiger partial charge in [-0.15, -0.1) is 0 Å². The number of aromatic nitrogens is 2. The molecular weight excluding hydrogens is 306 g/mol. The van der Waals surface area contributed by atoms with Crippen LogP contribution in [0.15, 0.2) is 35.1 Å².